The molecule has 0 bridgehead atoms. The van der Waals surface area contributed by atoms with Crippen molar-refractivity contribution in [3.05, 3.63) is 97.8 Å². The number of imide groups is 1. The van der Waals surface area contributed by atoms with Gasteiger partial charge < -0.3 is 9.47 Å². The minimum Gasteiger partial charge on any atom is -0.490 e. The SMILES string of the molecule is CCOc1cc(/C=C2\SC(=O)N(Cc3ccccc3Cl)C2=O)cc(Br)c1OCc1ccccc1. The molecule has 1 aliphatic rings. The zero-order chi connectivity index (χ0) is 24.1. The van der Waals surface area contributed by atoms with Crippen molar-refractivity contribution in [1.82, 2.24) is 4.90 Å². The molecule has 1 aliphatic heterocycles. The van der Waals surface area contributed by atoms with Crippen LogP contribution < -0.4 is 9.47 Å². The first kappa shape index (κ1) is 24.4. The van der Waals surface area contributed by atoms with Crippen LogP contribution in [-0.2, 0) is 17.9 Å². The van der Waals surface area contributed by atoms with Gasteiger partial charge in [-0.1, -0.05) is 60.1 Å². The molecule has 0 saturated carbocycles. The van der Waals surface area contributed by atoms with Crippen molar-refractivity contribution in [2.45, 2.75) is 20.1 Å². The Bertz CT molecular complexity index is 1250. The third kappa shape index (κ3) is 5.66. The highest BCUT2D eigenvalue weighted by Crippen LogP contribution is 2.40. The van der Waals surface area contributed by atoms with Gasteiger partial charge in [0.2, 0.25) is 0 Å². The summed E-state index contributed by atoms with van der Waals surface area (Å²) in [6, 6.07) is 20.7. The summed E-state index contributed by atoms with van der Waals surface area (Å²) < 4.78 is 12.5. The Morgan fingerprint density at radius 3 is 2.50 bits per heavy atom. The van der Waals surface area contributed by atoms with Gasteiger partial charge in [0.1, 0.15) is 6.61 Å². The summed E-state index contributed by atoms with van der Waals surface area (Å²) in [7, 11) is 0. The molecule has 1 fully saturated rings. The van der Waals surface area contributed by atoms with Crippen LogP contribution in [0.15, 0.2) is 76.1 Å². The van der Waals surface area contributed by atoms with Gasteiger partial charge in [0, 0.05) is 5.02 Å². The number of nitrogens with zero attached hydrogens (tertiary/aromatic N) is 1. The normalized spacial score (nSPS) is 14.7. The molecule has 0 spiro atoms. The molecule has 174 valence electrons. The van der Waals surface area contributed by atoms with Gasteiger partial charge >= 0.3 is 0 Å². The highest BCUT2D eigenvalue weighted by molar-refractivity contribution is 9.10. The van der Waals surface area contributed by atoms with E-state index in [0.717, 1.165) is 17.3 Å². The van der Waals surface area contributed by atoms with E-state index in [4.69, 9.17) is 21.1 Å². The average Bonchev–Trinajstić information content (AvgIpc) is 3.08. The van der Waals surface area contributed by atoms with E-state index in [9.17, 15) is 9.59 Å². The maximum Gasteiger partial charge on any atom is 0.293 e. The van der Waals surface area contributed by atoms with Crippen molar-refractivity contribution < 1.29 is 19.1 Å². The third-order valence-electron chi connectivity index (χ3n) is 5.02. The summed E-state index contributed by atoms with van der Waals surface area (Å²) >= 11 is 10.7. The molecule has 0 aliphatic carbocycles. The monoisotopic (exact) mass is 557 g/mol. The van der Waals surface area contributed by atoms with Gasteiger partial charge in [0.15, 0.2) is 11.5 Å². The summed E-state index contributed by atoms with van der Waals surface area (Å²) in [6.45, 7) is 2.86. The van der Waals surface area contributed by atoms with Crippen LogP contribution in [0.2, 0.25) is 5.02 Å². The summed E-state index contributed by atoms with van der Waals surface area (Å²) in [4.78, 5) is 27.0. The van der Waals surface area contributed by atoms with Crippen molar-refractivity contribution in [2.24, 2.45) is 0 Å². The van der Waals surface area contributed by atoms with Crippen LogP contribution in [0.1, 0.15) is 23.6 Å². The number of thioether (sulfide) groups is 1. The Balaban J connectivity index is 1.56. The zero-order valence-corrected chi connectivity index (χ0v) is 21.5. The summed E-state index contributed by atoms with van der Waals surface area (Å²) in [5.41, 5.74) is 2.47. The fourth-order valence-electron chi connectivity index (χ4n) is 3.39. The average molecular weight is 559 g/mol. The molecule has 0 atom stereocenters. The molecule has 1 heterocycles. The number of rotatable bonds is 8. The summed E-state index contributed by atoms with van der Waals surface area (Å²) in [6.07, 6.45) is 1.69. The lowest BCUT2D eigenvalue weighted by Gasteiger charge is -2.15. The first-order valence-corrected chi connectivity index (χ1v) is 12.6. The standard InChI is InChI=1S/C26H21BrClNO4S/c1-2-32-22-13-18(12-20(27)24(22)33-16-17-8-4-3-5-9-17)14-23-25(30)29(26(31)34-23)15-19-10-6-7-11-21(19)28/h3-14H,2,15-16H2,1H3/b23-14-. The Kier molecular flexibility index (Phi) is 7.98. The number of hydrogen-bond donors (Lipinski definition) is 0. The first-order valence-electron chi connectivity index (χ1n) is 10.6. The third-order valence-corrected chi connectivity index (χ3v) is 6.88. The second-order valence-electron chi connectivity index (χ2n) is 7.40. The van der Waals surface area contributed by atoms with Gasteiger partial charge in [0.25, 0.3) is 11.1 Å². The number of hydrogen-bond acceptors (Lipinski definition) is 5. The molecular weight excluding hydrogens is 538 g/mol. The maximum atomic E-state index is 13.0. The fourth-order valence-corrected chi connectivity index (χ4v) is 5.00. The van der Waals surface area contributed by atoms with Gasteiger partial charge in [-0.15, -0.1) is 0 Å². The van der Waals surface area contributed by atoms with Crippen molar-refractivity contribution in [3.8, 4) is 11.5 Å². The maximum absolute atomic E-state index is 13.0. The van der Waals surface area contributed by atoms with E-state index in [0.29, 0.717) is 50.2 Å². The second kappa shape index (κ2) is 11.1. The molecule has 0 N–H and O–H groups in total. The van der Waals surface area contributed by atoms with Gasteiger partial charge in [0.05, 0.1) is 22.5 Å². The molecule has 0 radical (unpaired) electrons. The topological polar surface area (TPSA) is 55.8 Å². The lowest BCUT2D eigenvalue weighted by molar-refractivity contribution is -0.123. The van der Waals surface area contributed by atoms with Crippen molar-refractivity contribution in [1.29, 1.82) is 0 Å². The van der Waals surface area contributed by atoms with Crippen molar-refractivity contribution in [2.75, 3.05) is 6.61 Å². The quantitative estimate of drug-likeness (QED) is 0.271. The van der Waals surface area contributed by atoms with Crippen LogP contribution in [0, 0.1) is 0 Å². The number of amides is 2. The molecule has 5 nitrogen and oxygen atoms in total. The van der Waals surface area contributed by atoms with E-state index < -0.39 is 0 Å². The van der Waals surface area contributed by atoms with Gasteiger partial charge in [-0.25, -0.2) is 0 Å². The second-order valence-corrected chi connectivity index (χ2v) is 9.65. The minimum absolute atomic E-state index is 0.127. The predicted molar refractivity (Wildman–Crippen MR) is 139 cm³/mol. The molecule has 0 aromatic heterocycles. The molecule has 0 unspecified atom stereocenters. The molecule has 4 rings (SSSR count). The Labute approximate surface area is 215 Å². The van der Waals surface area contributed by atoms with Crippen LogP contribution in [-0.4, -0.2) is 22.7 Å². The molecule has 3 aromatic carbocycles. The fraction of sp³-hybridized carbons (Fsp3) is 0.154. The van der Waals surface area contributed by atoms with Crippen molar-refractivity contribution in [3.63, 3.8) is 0 Å². The summed E-state index contributed by atoms with van der Waals surface area (Å²) in [5, 5.41) is 0.185. The highest BCUT2D eigenvalue weighted by atomic mass is 79.9. The number of carbonyl (C=O) groups excluding carboxylic acids is 2. The number of ether oxygens (including phenoxy) is 2. The van der Waals surface area contributed by atoms with E-state index in [1.165, 1.54) is 4.90 Å². The van der Waals surface area contributed by atoms with Crippen LogP contribution in [0.3, 0.4) is 0 Å². The van der Waals surface area contributed by atoms with E-state index >= 15 is 0 Å². The lowest BCUT2D eigenvalue weighted by Crippen LogP contribution is -2.27. The van der Waals surface area contributed by atoms with Crippen LogP contribution in [0.5, 0.6) is 11.5 Å². The zero-order valence-electron chi connectivity index (χ0n) is 18.3. The van der Waals surface area contributed by atoms with E-state index in [-0.39, 0.29) is 17.7 Å². The van der Waals surface area contributed by atoms with Crippen molar-refractivity contribution >= 4 is 56.5 Å². The van der Waals surface area contributed by atoms with Crippen LogP contribution >= 0.6 is 39.3 Å². The largest absolute Gasteiger partial charge is 0.490 e. The smallest absolute Gasteiger partial charge is 0.293 e. The van der Waals surface area contributed by atoms with Crippen LogP contribution in [0.25, 0.3) is 6.08 Å². The predicted octanol–water partition coefficient (Wildman–Crippen LogP) is 7.32. The molecule has 34 heavy (non-hydrogen) atoms. The van der Waals surface area contributed by atoms with Gasteiger partial charge in [-0.05, 0) is 75.6 Å². The number of halogens is 2. The number of carbonyl (C=O) groups is 2. The Morgan fingerprint density at radius 1 is 1.03 bits per heavy atom. The van der Waals surface area contributed by atoms with E-state index in [2.05, 4.69) is 15.9 Å². The minimum atomic E-state index is -0.353. The van der Waals surface area contributed by atoms with Crippen LogP contribution in [0.4, 0.5) is 4.79 Å². The van der Waals surface area contributed by atoms with E-state index in [1.54, 1.807) is 30.3 Å². The molecule has 2 amide bonds. The van der Waals surface area contributed by atoms with E-state index in [1.807, 2.05) is 49.4 Å². The van der Waals surface area contributed by atoms with Gasteiger partial charge in [-0.3, -0.25) is 14.5 Å². The molecule has 8 heteroatoms. The summed E-state index contributed by atoms with van der Waals surface area (Å²) in [5.74, 6) is 0.775. The Morgan fingerprint density at radius 2 is 1.76 bits per heavy atom. The van der Waals surface area contributed by atoms with Gasteiger partial charge in [-0.2, -0.15) is 0 Å². The molecule has 1 saturated heterocycles. The first-order chi connectivity index (χ1) is 16.5. The number of benzene rings is 3. The highest BCUT2D eigenvalue weighted by Gasteiger charge is 2.35. The molecule has 3 aromatic rings. The Hall–Kier alpha value is -2.74. The lowest BCUT2D eigenvalue weighted by atomic mass is 10.1. The molecular formula is C26H21BrClNO4S.